The Labute approximate surface area is 144 Å². The van der Waals surface area contributed by atoms with Crippen LogP contribution in [0.4, 0.5) is 4.39 Å². The fraction of sp³-hybridized carbons (Fsp3) is 0.412. The van der Waals surface area contributed by atoms with Gasteiger partial charge in [-0.3, -0.25) is 4.68 Å². The van der Waals surface area contributed by atoms with E-state index in [-0.39, 0.29) is 17.8 Å². The Balaban J connectivity index is 1.89. The van der Waals surface area contributed by atoms with Crippen LogP contribution in [0.1, 0.15) is 12.5 Å². The fourth-order valence-corrected chi connectivity index (χ4v) is 4.80. The minimum Gasteiger partial charge on any atom is -0.379 e. The number of nitrogens with zero attached hydrogens (tertiary/aromatic N) is 3. The number of hydrogen-bond donors (Lipinski definition) is 1. The predicted molar refractivity (Wildman–Crippen MR) is 93.3 cm³/mol. The minimum atomic E-state index is -0.743. The molecule has 0 spiro atoms. The van der Waals surface area contributed by atoms with Gasteiger partial charge in [-0.1, -0.05) is 11.8 Å². The number of aryl methyl sites for hydroxylation is 1. The van der Waals surface area contributed by atoms with E-state index in [2.05, 4.69) is 10.1 Å². The Bertz CT molecular complexity index is 821. The second-order valence-electron chi connectivity index (χ2n) is 6.34. The first-order valence-corrected chi connectivity index (χ1v) is 8.88. The molecule has 0 aliphatic carbocycles. The van der Waals surface area contributed by atoms with Crippen molar-refractivity contribution in [3.8, 4) is 11.3 Å². The Morgan fingerprint density at radius 3 is 3.00 bits per heavy atom. The lowest BCUT2D eigenvalue weighted by Gasteiger charge is -2.35. The molecule has 126 valence electrons. The predicted octanol–water partition coefficient (Wildman–Crippen LogP) is 2.52. The summed E-state index contributed by atoms with van der Waals surface area (Å²) in [5.74, 6) is 0.615. The molecule has 2 aliphatic heterocycles. The van der Waals surface area contributed by atoms with Gasteiger partial charge in [0.15, 0.2) is 5.17 Å². The molecule has 3 atom stereocenters. The van der Waals surface area contributed by atoms with Crippen LogP contribution in [-0.4, -0.2) is 33.4 Å². The zero-order valence-corrected chi connectivity index (χ0v) is 14.4. The van der Waals surface area contributed by atoms with Crippen LogP contribution in [0.3, 0.4) is 0 Å². The van der Waals surface area contributed by atoms with Gasteiger partial charge in [0.2, 0.25) is 0 Å². The van der Waals surface area contributed by atoms with Crippen molar-refractivity contribution in [2.45, 2.75) is 18.6 Å². The highest BCUT2D eigenvalue weighted by Gasteiger charge is 2.52. The lowest BCUT2D eigenvalue weighted by molar-refractivity contribution is 0.107. The van der Waals surface area contributed by atoms with E-state index in [1.54, 1.807) is 16.9 Å². The summed E-state index contributed by atoms with van der Waals surface area (Å²) in [7, 11) is 1.87. The van der Waals surface area contributed by atoms with Crippen LogP contribution in [0.15, 0.2) is 35.5 Å². The maximum atomic E-state index is 14.8. The van der Waals surface area contributed by atoms with Crippen molar-refractivity contribution >= 4 is 16.9 Å². The zero-order chi connectivity index (χ0) is 16.9. The monoisotopic (exact) mass is 346 g/mol. The van der Waals surface area contributed by atoms with Crippen LogP contribution < -0.4 is 5.73 Å². The summed E-state index contributed by atoms with van der Waals surface area (Å²) < 4.78 is 22.4. The number of aliphatic imine (C=N–C) groups is 1. The van der Waals surface area contributed by atoms with Gasteiger partial charge in [0.1, 0.15) is 11.4 Å². The molecule has 2 N–H and O–H groups in total. The quantitative estimate of drug-likeness (QED) is 0.907. The van der Waals surface area contributed by atoms with E-state index in [0.29, 0.717) is 17.3 Å². The zero-order valence-electron chi connectivity index (χ0n) is 13.6. The third-order valence-electron chi connectivity index (χ3n) is 5.02. The summed E-state index contributed by atoms with van der Waals surface area (Å²) in [5.41, 5.74) is 7.64. The van der Waals surface area contributed by atoms with Gasteiger partial charge in [0, 0.05) is 36.0 Å². The Morgan fingerprint density at radius 2 is 2.25 bits per heavy atom. The number of halogens is 1. The number of benzene rings is 1. The topological polar surface area (TPSA) is 65.4 Å². The molecular formula is C17H19FN4OS. The molecule has 1 fully saturated rings. The summed E-state index contributed by atoms with van der Waals surface area (Å²) in [6.07, 6.45) is 1.75. The first-order chi connectivity index (χ1) is 11.5. The van der Waals surface area contributed by atoms with E-state index in [4.69, 9.17) is 10.5 Å². The molecule has 0 amide bonds. The van der Waals surface area contributed by atoms with Crippen LogP contribution >= 0.6 is 11.8 Å². The average molecular weight is 346 g/mol. The van der Waals surface area contributed by atoms with Crippen LogP contribution in [0.5, 0.6) is 0 Å². The number of rotatable bonds is 2. The van der Waals surface area contributed by atoms with Crippen molar-refractivity contribution < 1.29 is 9.13 Å². The molecule has 1 saturated heterocycles. The van der Waals surface area contributed by atoms with Crippen molar-refractivity contribution in [1.82, 2.24) is 9.78 Å². The number of amidine groups is 1. The Morgan fingerprint density at radius 1 is 1.42 bits per heavy atom. The number of nitrogens with two attached hydrogens (primary N) is 1. The molecule has 7 heteroatoms. The van der Waals surface area contributed by atoms with Crippen molar-refractivity contribution in [1.29, 1.82) is 0 Å². The number of hydrogen-bond acceptors (Lipinski definition) is 5. The molecule has 0 bridgehead atoms. The van der Waals surface area contributed by atoms with Gasteiger partial charge in [-0.15, -0.1) is 0 Å². The smallest absolute Gasteiger partial charge is 0.154 e. The molecule has 2 aromatic rings. The molecule has 24 heavy (non-hydrogen) atoms. The van der Waals surface area contributed by atoms with Gasteiger partial charge in [-0.2, -0.15) is 5.10 Å². The van der Waals surface area contributed by atoms with Crippen molar-refractivity contribution in [3.63, 3.8) is 0 Å². The number of aromatic nitrogens is 2. The van der Waals surface area contributed by atoms with Crippen molar-refractivity contribution in [3.05, 3.63) is 41.8 Å². The molecule has 0 saturated carbocycles. The molecular weight excluding hydrogens is 327 g/mol. The molecule has 2 aliphatic rings. The lowest BCUT2D eigenvalue weighted by Crippen LogP contribution is -2.41. The van der Waals surface area contributed by atoms with Crippen molar-refractivity contribution in [2.75, 3.05) is 12.4 Å². The lowest BCUT2D eigenvalue weighted by atomic mass is 9.78. The fourth-order valence-electron chi connectivity index (χ4n) is 3.67. The highest BCUT2D eigenvalue weighted by molar-refractivity contribution is 8.13. The average Bonchev–Trinajstić information content (AvgIpc) is 3.12. The van der Waals surface area contributed by atoms with E-state index in [1.165, 1.54) is 17.8 Å². The van der Waals surface area contributed by atoms with Gasteiger partial charge in [0.25, 0.3) is 0 Å². The van der Waals surface area contributed by atoms with E-state index >= 15 is 0 Å². The third-order valence-corrected chi connectivity index (χ3v) is 5.93. The van der Waals surface area contributed by atoms with E-state index in [1.807, 2.05) is 26.1 Å². The largest absolute Gasteiger partial charge is 0.379 e. The van der Waals surface area contributed by atoms with Gasteiger partial charge in [-0.05, 0) is 31.2 Å². The van der Waals surface area contributed by atoms with Crippen LogP contribution in [0.25, 0.3) is 11.3 Å². The summed E-state index contributed by atoms with van der Waals surface area (Å²) in [6.45, 7) is 2.37. The van der Waals surface area contributed by atoms with Crippen LogP contribution in [-0.2, 0) is 17.3 Å². The Hall–Kier alpha value is -1.86. The summed E-state index contributed by atoms with van der Waals surface area (Å²) in [4.78, 5) is 4.67. The van der Waals surface area contributed by atoms with Gasteiger partial charge in [0.05, 0.1) is 18.4 Å². The summed E-state index contributed by atoms with van der Waals surface area (Å²) in [5, 5.41) is 4.69. The molecule has 1 aromatic heterocycles. The SMILES string of the molecule is C[C@H]1OC[C@]2(c3cc(-c4ccnn4C)ccc3F)N=C(N)SC[C@H]12. The second-order valence-corrected chi connectivity index (χ2v) is 7.38. The summed E-state index contributed by atoms with van der Waals surface area (Å²) in [6, 6.07) is 7.05. The highest BCUT2D eigenvalue weighted by Crippen LogP contribution is 2.48. The first-order valence-electron chi connectivity index (χ1n) is 7.89. The van der Waals surface area contributed by atoms with Gasteiger partial charge >= 0.3 is 0 Å². The molecule has 5 nitrogen and oxygen atoms in total. The molecule has 0 unspecified atom stereocenters. The summed E-state index contributed by atoms with van der Waals surface area (Å²) >= 11 is 1.51. The number of fused-ring (bicyclic) bond motifs is 1. The molecule has 1 aromatic carbocycles. The third kappa shape index (κ3) is 2.26. The van der Waals surface area contributed by atoms with E-state index < -0.39 is 5.54 Å². The Kier molecular flexibility index (Phi) is 3.65. The molecule has 3 heterocycles. The van der Waals surface area contributed by atoms with Crippen LogP contribution in [0.2, 0.25) is 0 Å². The van der Waals surface area contributed by atoms with E-state index in [9.17, 15) is 4.39 Å². The van der Waals surface area contributed by atoms with Crippen LogP contribution in [0, 0.1) is 11.7 Å². The normalized spacial score (nSPS) is 29.4. The van der Waals surface area contributed by atoms with Crippen molar-refractivity contribution in [2.24, 2.45) is 23.7 Å². The first kappa shape index (κ1) is 15.7. The second kappa shape index (κ2) is 5.60. The molecule has 4 rings (SSSR count). The van der Waals surface area contributed by atoms with Gasteiger partial charge in [-0.25, -0.2) is 9.38 Å². The van der Waals surface area contributed by atoms with E-state index in [0.717, 1.165) is 17.0 Å². The maximum absolute atomic E-state index is 14.8. The number of ether oxygens (including phenoxy) is 1. The standard InChI is InChI=1S/C17H19FN4OS/c1-10-13-8-24-16(19)21-17(13,9-23-10)12-7-11(3-4-14(12)18)15-5-6-20-22(15)2/h3-7,10,13H,8-9H2,1-2H3,(H2,19,21)/t10-,13-,17-/m1/s1. The number of thioether (sulfide) groups is 1. The van der Waals surface area contributed by atoms with Gasteiger partial charge < -0.3 is 10.5 Å². The minimum absolute atomic E-state index is 0.0223. The molecule has 0 radical (unpaired) electrons. The highest BCUT2D eigenvalue weighted by atomic mass is 32.2. The maximum Gasteiger partial charge on any atom is 0.154 e.